The highest BCUT2D eigenvalue weighted by Crippen LogP contribution is 2.28. The number of nitrogens with one attached hydrogen (secondary N) is 2. The molecule has 2 fully saturated rings. The van der Waals surface area contributed by atoms with Gasteiger partial charge < -0.3 is 5.32 Å². The third kappa shape index (κ3) is 1.29. The molecule has 5 nitrogen and oxygen atoms in total. The van der Waals surface area contributed by atoms with Crippen LogP contribution in [-0.4, -0.2) is 28.8 Å². The molecule has 78 valence electrons. The molecule has 0 radical (unpaired) electrons. The number of hydrogen-bond donors (Lipinski definition) is 2. The molecular formula is C9H9N3O2S. The van der Waals surface area contributed by atoms with Gasteiger partial charge in [0, 0.05) is 24.0 Å². The summed E-state index contributed by atoms with van der Waals surface area (Å²) in [4.78, 5) is 27.1. The van der Waals surface area contributed by atoms with Crippen molar-refractivity contribution in [3.63, 3.8) is 0 Å². The summed E-state index contributed by atoms with van der Waals surface area (Å²) >= 11 is 1.46. The Bertz CT molecular complexity index is 417. The van der Waals surface area contributed by atoms with Crippen LogP contribution in [0.1, 0.15) is 17.5 Å². The van der Waals surface area contributed by atoms with Crippen LogP contribution >= 0.6 is 11.3 Å². The molecule has 6 heteroatoms. The first-order valence-electron chi connectivity index (χ1n) is 4.74. The predicted octanol–water partition coefficient (Wildman–Crippen LogP) is -0.386. The van der Waals surface area contributed by atoms with Crippen LogP contribution in [0.5, 0.6) is 0 Å². The molecule has 2 N–H and O–H groups in total. The van der Waals surface area contributed by atoms with Crippen LogP contribution in [0.15, 0.2) is 11.6 Å². The first-order chi connectivity index (χ1) is 7.25. The number of ketones is 1. The topological polar surface area (TPSA) is 71.1 Å². The summed E-state index contributed by atoms with van der Waals surface area (Å²) in [6.45, 7) is 0. The summed E-state index contributed by atoms with van der Waals surface area (Å²) < 4.78 is 0. The molecule has 1 amide bonds. The third-order valence-electron chi connectivity index (χ3n) is 2.79. The van der Waals surface area contributed by atoms with Crippen molar-refractivity contribution in [3.8, 4) is 0 Å². The van der Waals surface area contributed by atoms with Gasteiger partial charge in [-0.3, -0.25) is 14.9 Å². The molecule has 1 aromatic rings. The molecule has 2 aliphatic heterocycles. The monoisotopic (exact) mass is 223 g/mol. The molecule has 3 atom stereocenters. The standard InChI is InChI=1S/C9H9N3O2S/c13-5-3-4-6(12-5)8(14)7(11-4)9-10-1-2-15-9/h1-2,4,6-7,11H,3H2,(H,12,13). The van der Waals surface area contributed by atoms with Gasteiger partial charge in [-0.05, 0) is 0 Å². The number of carbonyl (C=O) groups is 2. The lowest BCUT2D eigenvalue weighted by Crippen LogP contribution is -2.35. The minimum atomic E-state index is -0.355. The molecule has 0 saturated carbocycles. The molecule has 3 rings (SSSR count). The van der Waals surface area contributed by atoms with Crippen LogP contribution in [0.2, 0.25) is 0 Å². The molecule has 0 spiro atoms. The summed E-state index contributed by atoms with van der Waals surface area (Å²) in [6, 6.07) is -0.745. The van der Waals surface area contributed by atoms with E-state index < -0.39 is 0 Å². The number of Topliss-reactive ketones (excluding diaryl/α,β-unsaturated/α-hetero) is 1. The Balaban J connectivity index is 1.87. The normalized spacial score (nSPS) is 34.3. The zero-order valence-corrected chi connectivity index (χ0v) is 8.58. The fraction of sp³-hybridized carbons (Fsp3) is 0.444. The number of aromatic nitrogens is 1. The number of rotatable bonds is 1. The van der Waals surface area contributed by atoms with Crippen LogP contribution in [0.25, 0.3) is 0 Å². The molecular weight excluding hydrogens is 214 g/mol. The first-order valence-corrected chi connectivity index (χ1v) is 5.62. The van der Waals surface area contributed by atoms with E-state index in [4.69, 9.17) is 0 Å². The van der Waals surface area contributed by atoms with Crippen molar-refractivity contribution in [2.45, 2.75) is 24.5 Å². The highest BCUT2D eigenvalue weighted by molar-refractivity contribution is 7.09. The number of thiazole rings is 1. The van der Waals surface area contributed by atoms with Gasteiger partial charge in [-0.15, -0.1) is 11.3 Å². The molecule has 3 heterocycles. The Hall–Kier alpha value is -1.27. The maximum Gasteiger partial charge on any atom is 0.222 e. The van der Waals surface area contributed by atoms with Gasteiger partial charge in [0.05, 0.1) is 0 Å². The van der Waals surface area contributed by atoms with E-state index in [1.54, 1.807) is 6.20 Å². The van der Waals surface area contributed by atoms with E-state index in [0.717, 1.165) is 5.01 Å². The van der Waals surface area contributed by atoms with Crippen molar-refractivity contribution in [1.82, 2.24) is 15.6 Å². The molecule has 0 aromatic carbocycles. The van der Waals surface area contributed by atoms with Crippen LogP contribution in [0.4, 0.5) is 0 Å². The minimum absolute atomic E-state index is 0.0285. The predicted molar refractivity (Wildman–Crippen MR) is 53.3 cm³/mol. The second-order valence-electron chi connectivity index (χ2n) is 3.73. The van der Waals surface area contributed by atoms with E-state index in [0.29, 0.717) is 6.42 Å². The molecule has 2 aliphatic rings. The average molecular weight is 223 g/mol. The van der Waals surface area contributed by atoms with E-state index >= 15 is 0 Å². The SMILES string of the molecule is O=C1CC2NC(c3nccs3)C(=O)C2N1. The second kappa shape index (κ2) is 3.11. The first kappa shape index (κ1) is 8.99. The van der Waals surface area contributed by atoms with Crippen LogP contribution in [-0.2, 0) is 9.59 Å². The van der Waals surface area contributed by atoms with Gasteiger partial charge in [-0.1, -0.05) is 0 Å². The molecule has 1 aromatic heterocycles. The van der Waals surface area contributed by atoms with E-state index in [1.165, 1.54) is 11.3 Å². The van der Waals surface area contributed by atoms with Gasteiger partial charge in [-0.2, -0.15) is 0 Å². The highest BCUT2D eigenvalue weighted by Gasteiger charge is 2.48. The van der Waals surface area contributed by atoms with Gasteiger partial charge in [0.2, 0.25) is 5.91 Å². The lowest BCUT2D eigenvalue weighted by Gasteiger charge is -2.07. The smallest absolute Gasteiger partial charge is 0.222 e. The molecule has 15 heavy (non-hydrogen) atoms. The number of carbonyl (C=O) groups excluding carboxylic acids is 2. The summed E-state index contributed by atoms with van der Waals surface area (Å²) in [5.74, 6) is -0.0239. The quantitative estimate of drug-likeness (QED) is 0.680. The van der Waals surface area contributed by atoms with Crippen molar-refractivity contribution in [1.29, 1.82) is 0 Å². The Labute approximate surface area is 89.9 Å². The van der Waals surface area contributed by atoms with E-state index in [2.05, 4.69) is 15.6 Å². The van der Waals surface area contributed by atoms with Gasteiger partial charge in [0.1, 0.15) is 17.1 Å². The molecule has 2 saturated heterocycles. The molecule has 0 bridgehead atoms. The number of amides is 1. The maximum atomic E-state index is 11.9. The lowest BCUT2D eigenvalue weighted by atomic mass is 10.1. The summed E-state index contributed by atoms with van der Waals surface area (Å²) in [5, 5.41) is 8.46. The number of nitrogens with zero attached hydrogens (tertiary/aromatic N) is 1. The summed E-state index contributed by atoms with van der Waals surface area (Å²) in [7, 11) is 0. The Morgan fingerprint density at radius 1 is 1.47 bits per heavy atom. The lowest BCUT2D eigenvalue weighted by molar-refractivity contribution is -0.124. The zero-order chi connectivity index (χ0) is 10.4. The molecule has 3 unspecified atom stereocenters. The fourth-order valence-electron chi connectivity index (χ4n) is 2.12. The van der Waals surface area contributed by atoms with Gasteiger partial charge in [-0.25, -0.2) is 4.98 Å². The average Bonchev–Trinajstić information content (AvgIpc) is 2.84. The van der Waals surface area contributed by atoms with E-state index in [1.807, 2.05) is 5.38 Å². The largest absolute Gasteiger partial charge is 0.345 e. The third-order valence-corrected chi connectivity index (χ3v) is 3.63. The Morgan fingerprint density at radius 3 is 3.00 bits per heavy atom. The zero-order valence-electron chi connectivity index (χ0n) is 7.77. The Kier molecular flexibility index (Phi) is 1.86. The fourth-order valence-corrected chi connectivity index (χ4v) is 2.82. The van der Waals surface area contributed by atoms with Crippen molar-refractivity contribution in [2.75, 3.05) is 0 Å². The van der Waals surface area contributed by atoms with Gasteiger partial charge in [0.15, 0.2) is 5.78 Å². The van der Waals surface area contributed by atoms with Crippen molar-refractivity contribution in [3.05, 3.63) is 16.6 Å². The maximum absolute atomic E-state index is 11.9. The van der Waals surface area contributed by atoms with Crippen molar-refractivity contribution >= 4 is 23.0 Å². The van der Waals surface area contributed by atoms with E-state index in [-0.39, 0.29) is 29.8 Å². The van der Waals surface area contributed by atoms with Crippen LogP contribution in [0.3, 0.4) is 0 Å². The van der Waals surface area contributed by atoms with Gasteiger partial charge in [0.25, 0.3) is 0 Å². The Morgan fingerprint density at radius 2 is 2.33 bits per heavy atom. The molecule has 0 aliphatic carbocycles. The minimum Gasteiger partial charge on any atom is -0.345 e. The number of fused-ring (bicyclic) bond motifs is 1. The van der Waals surface area contributed by atoms with Crippen molar-refractivity contribution < 1.29 is 9.59 Å². The van der Waals surface area contributed by atoms with E-state index in [9.17, 15) is 9.59 Å². The summed E-state index contributed by atoms with van der Waals surface area (Å²) in [5.41, 5.74) is 0. The summed E-state index contributed by atoms with van der Waals surface area (Å²) in [6.07, 6.45) is 2.07. The highest BCUT2D eigenvalue weighted by atomic mass is 32.1. The van der Waals surface area contributed by atoms with Gasteiger partial charge >= 0.3 is 0 Å². The second-order valence-corrected chi connectivity index (χ2v) is 4.65. The number of hydrogen-bond acceptors (Lipinski definition) is 5. The van der Waals surface area contributed by atoms with Crippen LogP contribution in [0, 0.1) is 0 Å². The van der Waals surface area contributed by atoms with Crippen LogP contribution < -0.4 is 10.6 Å². The van der Waals surface area contributed by atoms with Crippen molar-refractivity contribution in [2.24, 2.45) is 0 Å².